The summed E-state index contributed by atoms with van der Waals surface area (Å²) >= 11 is 6.43. The lowest BCUT2D eigenvalue weighted by molar-refractivity contribution is -0.139. The number of aryl methyl sites for hydroxylation is 1. The maximum Gasteiger partial charge on any atom is 0.407 e. The Bertz CT molecular complexity index is 1710. The number of nitrogens with one attached hydrogen (secondary N) is 2. The van der Waals surface area contributed by atoms with Gasteiger partial charge in [0.25, 0.3) is 15.9 Å². The van der Waals surface area contributed by atoms with Gasteiger partial charge < -0.3 is 29.3 Å². The van der Waals surface area contributed by atoms with Gasteiger partial charge in [-0.15, -0.1) is 0 Å². The molecule has 2 aliphatic carbocycles. The number of ether oxygens (including phenoxy) is 3. The van der Waals surface area contributed by atoms with E-state index in [-0.39, 0.29) is 28.8 Å². The zero-order valence-electron chi connectivity index (χ0n) is 28.7. The third-order valence-electron chi connectivity index (χ3n) is 10.4. The molecule has 1 spiro atoms. The molecule has 1 fully saturated rings. The molecule has 2 aromatic carbocycles. The molecule has 2 aromatic rings. The van der Waals surface area contributed by atoms with Crippen LogP contribution in [0.25, 0.3) is 0 Å². The lowest BCUT2D eigenvalue weighted by atomic mass is 9.68. The number of alkyl carbamates (subject to hydrolysis) is 1. The van der Waals surface area contributed by atoms with Gasteiger partial charge >= 0.3 is 6.09 Å². The van der Waals surface area contributed by atoms with Gasteiger partial charge in [-0.1, -0.05) is 23.7 Å². The Morgan fingerprint density at radius 2 is 2.00 bits per heavy atom. The molecule has 13 heteroatoms. The van der Waals surface area contributed by atoms with E-state index < -0.39 is 33.7 Å². The van der Waals surface area contributed by atoms with Crippen LogP contribution in [0.5, 0.6) is 5.75 Å². The number of likely N-dealkylation sites (N-methyl/N-ethyl adjacent to an activating group) is 1. The van der Waals surface area contributed by atoms with Gasteiger partial charge in [0.05, 0.1) is 23.8 Å². The molecule has 49 heavy (non-hydrogen) atoms. The van der Waals surface area contributed by atoms with E-state index in [1.807, 2.05) is 37.2 Å². The Morgan fingerprint density at radius 3 is 2.76 bits per heavy atom. The highest BCUT2D eigenvalue weighted by molar-refractivity contribution is 7.90. The number of fused-ring (bicyclic) bond motifs is 4. The predicted molar refractivity (Wildman–Crippen MR) is 188 cm³/mol. The zero-order valence-corrected chi connectivity index (χ0v) is 30.2. The second-order valence-corrected chi connectivity index (χ2v) is 16.6. The van der Waals surface area contributed by atoms with Gasteiger partial charge in [-0.2, -0.15) is 0 Å². The van der Waals surface area contributed by atoms with E-state index >= 15 is 0 Å². The van der Waals surface area contributed by atoms with Gasteiger partial charge in [-0.3, -0.25) is 4.79 Å². The van der Waals surface area contributed by atoms with Gasteiger partial charge in [0.15, 0.2) is 0 Å². The number of hydrogen-bond donors (Lipinski definition) is 2. The lowest BCUT2D eigenvalue weighted by Gasteiger charge is -2.46. The van der Waals surface area contributed by atoms with Crippen LogP contribution in [-0.2, 0) is 36.1 Å². The number of rotatable bonds is 4. The summed E-state index contributed by atoms with van der Waals surface area (Å²) < 4.78 is 47.9. The number of amides is 2. The first-order valence-electron chi connectivity index (χ1n) is 17.0. The minimum atomic E-state index is -4.24. The molecular formula is C36H47ClN4O7S. The Balaban J connectivity index is 1.38. The quantitative estimate of drug-likeness (QED) is 0.435. The van der Waals surface area contributed by atoms with Crippen molar-refractivity contribution in [1.82, 2.24) is 14.9 Å². The van der Waals surface area contributed by atoms with Crippen molar-refractivity contribution >= 4 is 39.3 Å². The molecule has 4 aliphatic rings. The van der Waals surface area contributed by atoms with Crippen LogP contribution in [0.1, 0.15) is 50.7 Å². The fraction of sp³-hybridized carbons (Fsp3) is 0.556. The molecule has 11 nitrogen and oxygen atoms in total. The van der Waals surface area contributed by atoms with E-state index in [1.54, 1.807) is 18.2 Å². The topological polar surface area (TPSA) is 127 Å². The first-order chi connectivity index (χ1) is 23.3. The summed E-state index contributed by atoms with van der Waals surface area (Å²) in [6.07, 6.45) is 7.14. The number of benzene rings is 2. The van der Waals surface area contributed by atoms with Crippen LogP contribution >= 0.6 is 11.6 Å². The molecule has 6 rings (SSSR count). The first kappa shape index (κ1) is 35.5. The average molecular weight is 715 g/mol. The summed E-state index contributed by atoms with van der Waals surface area (Å²) in [6.45, 7) is 5.81. The largest absolute Gasteiger partial charge is 0.490 e. The Kier molecular flexibility index (Phi) is 10.2. The van der Waals surface area contributed by atoms with E-state index in [4.69, 9.17) is 25.8 Å². The average Bonchev–Trinajstić information content (AvgIpc) is 3.17. The summed E-state index contributed by atoms with van der Waals surface area (Å²) in [5.41, 5.74) is 1.25. The maximum absolute atomic E-state index is 13.6. The molecule has 2 bridgehead atoms. The summed E-state index contributed by atoms with van der Waals surface area (Å²) in [6, 6.07) is 10.8. The molecule has 2 amide bonds. The molecule has 4 atom stereocenters. The van der Waals surface area contributed by atoms with Crippen molar-refractivity contribution in [3.8, 4) is 5.75 Å². The molecule has 0 radical (unpaired) electrons. The van der Waals surface area contributed by atoms with Crippen molar-refractivity contribution in [1.29, 1.82) is 0 Å². The van der Waals surface area contributed by atoms with Crippen molar-refractivity contribution in [3.05, 3.63) is 64.7 Å². The SMILES string of the molecule is CN(C)CCNC(=O)O[C@H]1/C=C\COC(C)(C)C(=O)NS(=O)(=O)c2ccc3c(c2)N(C[C@@H]2CC[C@H]21)C[C@@]1(CCCc2cc(Cl)ccc21)CO3. The molecule has 266 valence electrons. The van der Waals surface area contributed by atoms with Crippen molar-refractivity contribution in [2.75, 3.05) is 58.4 Å². The van der Waals surface area contributed by atoms with E-state index in [0.29, 0.717) is 49.2 Å². The summed E-state index contributed by atoms with van der Waals surface area (Å²) in [4.78, 5) is 30.4. The smallest absolute Gasteiger partial charge is 0.407 e. The van der Waals surface area contributed by atoms with Crippen molar-refractivity contribution in [3.63, 3.8) is 0 Å². The molecule has 0 unspecified atom stereocenters. The monoisotopic (exact) mass is 714 g/mol. The molecule has 2 aliphatic heterocycles. The molecule has 2 heterocycles. The fourth-order valence-electron chi connectivity index (χ4n) is 7.43. The van der Waals surface area contributed by atoms with Gasteiger partial charge in [-0.05, 0) is 113 Å². The van der Waals surface area contributed by atoms with Crippen molar-refractivity contribution in [2.24, 2.45) is 11.8 Å². The second kappa shape index (κ2) is 14.1. The Labute approximate surface area is 294 Å². The van der Waals surface area contributed by atoms with Gasteiger partial charge in [-0.25, -0.2) is 17.9 Å². The number of anilines is 1. The third-order valence-corrected chi connectivity index (χ3v) is 11.9. The number of halogens is 1. The van der Waals surface area contributed by atoms with Crippen LogP contribution in [0, 0.1) is 11.8 Å². The molecular weight excluding hydrogens is 668 g/mol. The molecule has 0 saturated heterocycles. The number of carbonyl (C=O) groups excluding carboxylic acids is 2. The minimum Gasteiger partial charge on any atom is -0.490 e. The van der Waals surface area contributed by atoms with Gasteiger partial charge in [0.2, 0.25) is 0 Å². The van der Waals surface area contributed by atoms with E-state index in [2.05, 4.69) is 21.0 Å². The minimum absolute atomic E-state index is 0.0213. The van der Waals surface area contributed by atoms with Crippen LogP contribution in [0.2, 0.25) is 5.02 Å². The normalized spacial score (nSPS) is 28.2. The predicted octanol–water partition coefficient (Wildman–Crippen LogP) is 4.67. The molecule has 2 N–H and O–H groups in total. The van der Waals surface area contributed by atoms with Crippen molar-refractivity contribution in [2.45, 2.75) is 68.0 Å². The van der Waals surface area contributed by atoms with Crippen LogP contribution in [0.3, 0.4) is 0 Å². The third kappa shape index (κ3) is 7.72. The van der Waals surface area contributed by atoms with Crippen LogP contribution in [0.4, 0.5) is 10.5 Å². The molecule has 1 saturated carbocycles. The Hall–Kier alpha value is -3.32. The Morgan fingerprint density at radius 1 is 1.18 bits per heavy atom. The van der Waals surface area contributed by atoms with Gasteiger partial charge in [0.1, 0.15) is 17.5 Å². The van der Waals surface area contributed by atoms with Gasteiger partial charge in [0, 0.05) is 42.5 Å². The first-order valence-corrected chi connectivity index (χ1v) is 18.9. The highest BCUT2D eigenvalue weighted by atomic mass is 35.5. The highest BCUT2D eigenvalue weighted by Gasteiger charge is 2.45. The number of sulfonamides is 1. The van der Waals surface area contributed by atoms with E-state index in [9.17, 15) is 18.0 Å². The number of nitrogens with zero attached hydrogens (tertiary/aromatic N) is 2. The maximum atomic E-state index is 13.6. The second-order valence-electron chi connectivity index (χ2n) is 14.5. The summed E-state index contributed by atoms with van der Waals surface area (Å²) in [7, 11) is -0.361. The highest BCUT2D eigenvalue weighted by Crippen LogP contribution is 2.47. The van der Waals surface area contributed by atoms with E-state index in [0.717, 1.165) is 32.1 Å². The zero-order chi connectivity index (χ0) is 35.0. The molecule has 0 aromatic heterocycles. The number of hydrogen-bond acceptors (Lipinski definition) is 9. The lowest BCUT2D eigenvalue weighted by Crippen LogP contribution is -2.50. The van der Waals surface area contributed by atoms with Crippen LogP contribution in [-0.4, -0.2) is 90.5 Å². The number of carbonyl (C=O) groups is 2. The summed E-state index contributed by atoms with van der Waals surface area (Å²) in [5, 5.41) is 3.55. The fourth-order valence-corrected chi connectivity index (χ4v) is 8.75. The van der Waals surface area contributed by atoms with Crippen molar-refractivity contribution < 1.29 is 32.2 Å². The van der Waals surface area contributed by atoms with Crippen LogP contribution < -0.4 is 19.7 Å². The van der Waals surface area contributed by atoms with Crippen LogP contribution in [0.15, 0.2) is 53.4 Å². The standard InChI is InChI=1S/C36H47ClN4O7S/c1-35(2)33(42)39-49(44,45)27-11-14-32-30(20-27)41(22-36(23-46-32)15-5-7-24-19-26(37)10-13-29(24)36)21-25-9-12-28(25)31(8-6-18-47-35)48-34(43)38-16-17-40(3)4/h6,8,10-11,13-14,19-20,25,28,31H,5,7,9,12,15-18,21-23H2,1-4H3,(H,38,43)(H,39,42)/b8-6-/t25-,28+,31-,36-/m0/s1. The summed E-state index contributed by atoms with van der Waals surface area (Å²) in [5.74, 6) is -0.0461. The van der Waals surface area contributed by atoms with E-state index in [1.165, 1.54) is 31.0 Å².